The number of hydrogen-bond donors (Lipinski definition) is 1. The van der Waals surface area contributed by atoms with E-state index in [1.54, 1.807) is 4.90 Å². The molecule has 0 spiro atoms. The van der Waals surface area contributed by atoms with E-state index in [2.05, 4.69) is 11.8 Å². The fourth-order valence-electron chi connectivity index (χ4n) is 2.29. The van der Waals surface area contributed by atoms with Crippen molar-refractivity contribution in [2.24, 2.45) is 11.7 Å². The molecule has 0 saturated carbocycles. The summed E-state index contributed by atoms with van der Waals surface area (Å²) in [6, 6.07) is 1.88. The van der Waals surface area contributed by atoms with Crippen LogP contribution >= 0.6 is 11.3 Å². The highest BCUT2D eigenvalue weighted by molar-refractivity contribution is 7.12. The Morgan fingerprint density at radius 2 is 2.30 bits per heavy atom. The number of thiophene rings is 1. The van der Waals surface area contributed by atoms with Crippen molar-refractivity contribution >= 4 is 17.2 Å². The van der Waals surface area contributed by atoms with Crippen LogP contribution in [0.25, 0.3) is 0 Å². The minimum absolute atomic E-state index is 0.0489. The van der Waals surface area contributed by atoms with E-state index in [9.17, 15) is 4.79 Å². The van der Waals surface area contributed by atoms with Gasteiger partial charge in [-0.2, -0.15) is 0 Å². The van der Waals surface area contributed by atoms with E-state index in [-0.39, 0.29) is 5.91 Å². The number of carbonyl (C=O) groups is 1. The first-order valence-electron chi connectivity index (χ1n) is 6.82. The van der Waals surface area contributed by atoms with Crippen LogP contribution in [0.15, 0.2) is 11.4 Å². The zero-order valence-corrected chi connectivity index (χ0v) is 12.5. The summed E-state index contributed by atoms with van der Waals surface area (Å²) in [6.07, 6.45) is 2.06. The molecule has 0 aromatic carbocycles. The summed E-state index contributed by atoms with van der Waals surface area (Å²) in [6.45, 7) is 2.70. The summed E-state index contributed by atoms with van der Waals surface area (Å²) in [5, 5.41) is 1.90. The molecule has 1 fully saturated rings. The van der Waals surface area contributed by atoms with Gasteiger partial charge in [-0.1, -0.05) is 11.8 Å². The third-order valence-corrected chi connectivity index (χ3v) is 4.31. The smallest absolute Gasteiger partial charge is 0.264 e. The van der Waals surface area contributed by atoms with Crippen LogP contribution in [0, 0.1) is 17.8 Å². The molecule has 4 nitrogen and oxygen atoms in total. The molecule has 0 aliphatic carbocycles. The zero-order chi connectivity index (χ0) is 14.4. The molecule has 0 unspecified atom stereocenters. The molecule has 2 heterocycles. The van der Waals surface area contributed by atoms with Crippen molar-refractivity contribution in [2.45, 2.75) is 12.8 Å². The summed E-state index contributed by atoms with van der Waals surface area (Å²) < 4.78 is 5.35. The standard InChI is InChI=1S/C15H20N2O2S/c1-17(11-12-4-8-19-9-5-12)15(18)14-13(3-2-7-16)6-10-20-14/h6,10,12H,4-5,7-9,11,16H2,1H3. The number of amides is 1. The third-order valence-electron chi connectivity index (χ3n) is 3.40. The van der Waals surface area contributed by atoms with Crippen molar-refractivity contribution in [2.75, 3.05) is 33.4 Å². The van der Waals surface area contributed by atoms with Crippen LogP contribution in [0.1, 0.15) is 28.1 Å². The van der Waals surface area contributed by atoms with Crippen LogP contribution in [0.2, 0.25) is 0 Å². The number of rotatable bonds is 3. The molecule has 2 rings (SSSR count). The van der Waals surface area contributed by atoms with Gasteiger partial charge in [0.25, 0.3) is 5.91 Å². The average Bonchev–Trinajstić information content (AvgIpc) is 2.93. The Morgan fingerprint density at radius 1 is 1.55 bits per heavy atom. The van der Waals surface area contributed by atoms with Crippen LogP contribution in [0.5, 0.6) is 0 Å². The highest BCUT2D eigenvalue weighted by Crippen LogP contribution is 2.20. The van der Waals surface area contributed by atoms with Gasteiger partial charge in [-0.3, -0.25) is 4.79 Å². The van der Waals surface area contributed by atoms with Crippen molar-refractivity contribution in [1.29, 1.82) is 0 Å². The first-order valence-corrected chi connectivity index (χ1v) is 7.70. The minimum atomic E-state index is 0.0489. The molecule has 1 aliphatic heterocycles. The van der Waals surface area contributed by atoms with Gasteiger partial charge < -0.3 is 15.4 Å². The quantitative estimate of drug-likeness (QED) is 0.860. The van der Waals surface area contributed by atoms with Gasteiger partial charge in [-0.15, -0.1) is 11.3 Å². The SMILES string of the molecule is CN(CC1CCOCC1)C(=O)c1sccc1C#CCN. The van der Waals surface area contributed by atoms with Gasteiger partial charge in [-0.25, -0.2) is 0 Å². The predicted molar refractivity (Wildman–Crippen MR) is 80.8 cm³/mol. The largest absolute Gasteiger partial charge is 0.381 e. The number of carbonyl (C=O) groups excluding carboxylic acids is 1. The van der Waals surface area contributed by atoms with Gasteiger partial charge in [-0.05, 0) is 30.2 Å². The summed E-state index contributed by atoms with van der Waals surface area (Å²) in [5.41, 5.74) is 6.16. The molecule has 1 aromatic rings. The maximum atomic E-state index is 12.5. The summed E-state index contributed by atoms with van der Waals surface area (Å²) in [5.74, 6) is 6.35. The predicted octanol–water partition coefficient (Wildman–Crippen LogP) is 1.56. The van der Waals surface area contributed by atoms with Gasteiger partial charge in [0.15, 0.2) is 0 Å². The van der Waals surface area contributed by atoms with Gasteiger partial charge in [0.2, 0.25) is 0 Å². The van der Waals surface area contributed by atoms with Crippen LogP contribution in [0.3, 0.4) is 0 Å². The second-order valence-electron chi connectivity index (χ2n) is 4.91. The maximum absolute atomic E-state index is 12.5. The Kier molecular flexibility index (Phi) is 5.60. The number of ether oxygens (including phenoxy) is 1. The Labute approximate surface area is 123 Å². The lowest BCUT2D eigenvalue weighted by molar-refractivity contribution is 0.0499. The van der Waals surface area contributed by atoms with Crippen LogP contribution in [0.4, 0.5) is 0 Å². The second-order valence-corrected chi connectivity index (χ2v) is 5.83. The molecule has 2 N–H and O–H groups in total. The molecule has 20 heavy (non-hydrogen) atoms. The van der Waals surface area contributed by atoms with Crippen molar-refractivity contribution in [3.63, 3.8) is 0 Å². The minimum Gasteiger partial charge on any atom is -0.381 e. The van der Waals surface area contributed by atoms with Crippen LogP contribution in [-0.2, 0) is 4.74 Å². The van der Waals surface area contributed by atoms with E-state index < -0.39 is 0 Å². The number of nitrogens with two attached hydrogens (primary N) is 1. The lowest BCUT2D eigenvalue weighted by Gasteiger charge is -2.27. The Bertz CT molecular complexity index is 509. The Morgan fingerprint density at radius 3 is 3.00 bits per heavy atom. The molecule has 5 heteroatoms. The van der Waals surface area contributed by atoms with Crippen LogP contribution < -0.4 is 5.73 Å². The maximum Gasteiger partial charge on any atom is 0.264 e. The number of hydrogen-bond acceptors (Lipinski definition) is 4. The summed E-state index contributed by atoms with van der Waals surface area (Å²) in [7, 11) is 1.86. The highest BCUT2D eigenvalue weighted by atomic mass is 32.1. The molecule has 108 valence electrons. The van der Waals surface area contributed by atoms with Gasteiger partial charge in [0, 0.05) is 32.4 Å². The van der Waals surface area contributed by atoms with Crippen molar-refractivity contribution in [3.05, 3.63) is 21.9 Å². The Balaban J connectivity index is 2.01. The van der Waals surface area contributed by atoms with E-state index in [0.717, 1.165) is 38.2 Å². The average molecular weight is 292 g/mol. The highest BCUT2D eigenvalue weighted by Gasteiger charge is 2.21. The van der Waals surface area contributed by atoms with Crippen molar-refractivity contribution < 1.29 is 9.53 Å². The van der Waals surface area contributed by atoms with E-state index in [4.69, 9.17) is 10.5 Å². The first kappa shape index (κ1) is 15.0. The molecule has 0 atom stereocenters. The zero-order valence-electron chi connectivity index (χ0n) is 11.7. The molecule has 1 aliphatic rings. The monoisotopic (exact) mass is 292 g/mol. The topological polar surface area (TPSA) is 55.6 Å². The van der Waals surface area contributed by atoms with E-state index in [1.807, 2.05) is 18.5 Å². The van der Waals surface area contributed by atoms with Gasteiger partial charge >= 0.3 is 0 Å². The normalized spacial score (nSPS) is 15.5. The summed E-state index contributed by atoms with van der Waals surface area (Å²) in [4.78, 5) is 15.0. The van der Waals surface area contributed by atoms with Crippen LogP contribution in [-0.4, -0.2) is 44.2 Å². The van der Waals surface area contributed by atoms with Crippen molar-refractivity contribution in [1.82, 2.24) is 4.90 Å². The van der Waals surface area contributed by atoms with Gasteiger partial charge in [0.1, 0.15) is 4.88 Å². The molecule has 0 bridgehead atoms. The number of nitrogens with zero attached hydrogens (tertiary/aromatic N) is 1. The Hall–Kier alpha value is -1.35. The first-order chi connectivity index (χ1) is 9.72. The molecule has 0 radical (unpaired) electrons. The van der Waals surface area contributed by atoms with E-state index in [0.29, 0.717) is 17.3 Å². The third kappa shape index (κ3) is 3.83. The molecule has 1 aromatic heterocycles. The summed E-state index contributed by atoms with van der Waals surface area (Å²) >= 11 is 1.44. The lowest BCUT2D eigenvalue weighted by atomic mass is 10.00. The molecular weight excluding hydrogens is 272 g/mol. The molecule has 1 saturated heterocycles. The van der Waals surface area contributed by atoms with Gasteiger partial charge in [0.05, 0.1) is 6.54 Å². The fraction of sp³-hybridized carbons (Fsp3) is 0.533. The molecular formula is C15H20N2O2S. The molecule has 1 amide bonds. The second kappa shape index (κ2) is 7.44. The lowest BCUT2D eigenvalue weighted by Crippen LogP contribution is -2.34. The van der Waals surface area contributed by atoms with Crippen molar-refractivity contribution in [3.8, 4) is 11.8 Å². The van der Waals surface area contributed by atoms with E-state index >= 15 is 0 Å². The fourth-order valence-corrected chi connectivity index (χ4v) is 3.14. The van der Waals surface area contributed by atoms with E-state index in [1.165, 1.54) is 11.3 Å².